The van der Waals surface area contributed by atoms with Gasteiger partial charge >= 0.3 is 5.97 Å². The Morgan fingerprint density at radius 1 is 1.29 bits per heavy atom. The van der Waals surface area contributed by atoms with E-state index in [1.54, 1.807) is 0 Å². The summed E-state index contributed by atoms with van der Waals surface area (Å²) in [5.74, 6) is -1.92. The minimum absolute atomic E-state index is 0.0633. The summed E-state index contributed by atoms with van der Waals surface area (Å²) in [7, 11) is 0. The SMILES string of the molecule is C[C@@H](OC(=O)C1=NNC(=O)CC1)C(=O)c1ccc(F)cc1. The van der Waals surface area contributed by atoms with Gasteiger partial charge in [-0.15, -0.1) is 0 Å². The van der Waals surface area contributed by atoms with E-state index < -0.39 is 23.7 Å². The molecule has 1 aliphatic heterocycles. The van der Waals surface area contributed by atoms with Crippen LogP contribution in [0.3, 0.4) is 0 Å². The highest BCUT2D eigenvalue weighted by Crippen LogP contribution is 2.10. The highest BCUT2D eigenvalue weighted by atomic mass is 19.1. The van der Waals surface area contributed by atoms with Gasteiger partial charge in [0.15, 0.2) is 6.10 Å². The fourth-order valence-corrected chi connectivity index (χ4v) is 1.75. The average Bonchev–Trinajstić information content (AvgIpc) is 2.47. The lowest BCUT2D eigenvalue weighted by Crippen LogP contribution is -2.34. The quantitative estimate of drug-likeness (QED) is 0.667. The zero-order valence-corrected chi connectivity index (χ0v) is 11.3. The van der Waals surface area contributed by atoms with Crippen molar-refractivity contribution in [3.05, 3.63) is 35.6 Å². The van der Waals surface area contributed by atoms with Crippen LogP contribution < -0.4 is 5.43 Å². The number of rotatable bonds is 4. The molecule has 0 aromatic heterocycles. The number of hydrogen-bond donors (Lipinski definition) is 1. The Bertz CT molecular complexity index is 610. The second kappa shape index (κ2) is 6.25. The monoisotopic (exact) mass is 292 g/mol. The first-order valence-corrected chi connectivity index (χ1v) is 6.33. The second-order valence-corrected chi connectivity index (χ2v) is 4.51. The summed E-state index contributed by atoms with van der Waals surface area (Å²) in [6.07, 6.45) is -0.709. The zero-order chi connectivity index (χ0) is 15.4. The van der Waals surface area contributed by atoms with E-state index in [1.807, 2.05) is 0 Å². The Labute approximate surface area is 120 Å². The number of amides is 1. The molecule has 1 aromatic rings. The molecule has 1 heterocycles. The van der Waals surface area contributed by atoms with Gasteiger partial charge in [0.25, 0.3) is 0 Å². The first kappa shape index (κ1) is 14.8. The summed E-state index contributed by atoms with van der Waals surface area (Å²) in [5, 5.41) is 3.59. The number of carbonyl (C=O) groups excluding carboxylic acids is 3. The van der Waals surface area contributed by atoms with Crippen molar-refractivity contribution >= 4 is 23.4 Å². The smallest absolute Gasteiger partial charge is 0.355 e. The topological polar surface area (TPSA) is 84.8 Å². The fourth-order valence-electron chi connectivity index (χ4n) is 1.75. The Morgan fingerprint density at radius 3 is 2.52 bits per heavy atom. The van der Waals surface area contributed by atoms with E-state index in [9.17, 15) is 18.8 Å². The molecule has 1 atom stereocenters. The first-order chi connectivity index (χ1) is 9.97. The normalized spacial score (nSPS) is 15.7. The molecule has 0 saturated heterocycles. The van der Waals surface area contributed by atoms with Crippen molar-refractivity contribution in [2.24, 2.45) is 5.10 Å². The number of ether oxygens (including phenoxy) is 1. The highest BCUT2D eigenvalue weighted by molar-refractivity contribution is 6.37. The number of benzene rings is 1. The van der Waals surface area contributed by atoms with Crippen molar-refractivity contribution in [3.63, 3.8) is 0 Å². The van der Waals surface area contributed by atoms with E-state index in [0.717, 1.165) is 12.1 Å². The van der Waals surface area contributed by atoms with E-state index in [1.165, 1.54) is 19.1 Å². The van der Waals surface area contributed by atoms with Gasteiger partial charge in [0.05, 0.1) is 0 Å². The maximum atomic E-state index is 12.8. The molecule has 6 nitrogen and oxygen atoms in total. The van der Waals surface area contributed by atoms with Crippen LogP contribution in [0, 0.1) is 5.82 Å². The van der Waals surface area contributed by atoms with E-state index in [-0.39, 0.29) is 30.0 Å². The third-order valence-corrected chi connectivity index (χ3v) is 2.92. The van der Waals surface area contributed by atoms with Crippen LogP contribution in [0.1, 0.15) is 30.1 Å². The maximum Gasteiger partial charge on any atom is 0.355 e. The Morgan fingerprint density at radius 2 is 1.95 bits per heavy atom. The first-order valence-electron chi connectivity index (χ1n) is 6.33. The van der Waals surface area contributed by atoms with Gasteiger partial charge in [-0.3, -0.25) is 9.59 Å². The largest absolute Gasteiger partial charge is 0.450 e. The van der Waals surface area contributed by atoms with Crippen LogP contribution in [0.2, 0.25) is 0 Å². The number of hydrazone groups is 1. The number of esters is 1. The lowest BCUT2D eigenvalue weighted by Gasteiger charge is -2.15. The van der Waals surface area contributed by atoms with Crippen LogP contribution in [-0.4, -0.2) is 29.5 Å². The minimum atomic E-state index is -1.02. The molecule has 0 saturated carbocycles. The molecule has 1 N–H and O–H groups in total. The predicted molar refractivity (Wildman–Crippen MR) is 71.1 cm³/mol. The molecule has 1 aliphatic rings. The van der Waals surface area contributed by atoms with E-state index >= 15 is 0 Å². The number of Topliss-reactive ketones (excluding diaryl/α,β-unsaturated/α-hetero) is 1. The van der Waals surface area contributed by atoms with Gasteiger partial charge < -0.3 is 4.74 Å². The Balaban J connectivity index is 1.99. The third-order valence-electron chi connectivity index (χ3n) is 2.92. The predicted octanol–water partition coefficient (Wildman–Crippen LogP) is 1.21. The van der Waals surface area contributed by atoms with Gasteiger partial charge in [0.2, 0.25) is 11.7 Å². The van der Waals surface area contributed by atoms with Gasteiger partial charge in [-0.25, -0.2) is 14.6 Å². The molecule has 2 rings (SSSR count). The summed E-state index contributed by atoms with van der Waals surface area (Å²) in [6.45, 7) is 1.42. The van der Waals surface area contributed by atoms with Crippen LogP contribution in [-0.2, 0) is 14.3 Å². The minimum Gasteiger partial charge on any atom is -0.450 e. The van der Waals surface area contributed by atoms with E-state index in [0.29, 0.717) is 0 Å². The molecule has 0 fully saturated rings. The van der Waals surface area contributed by atoms with Crippen molar-refractivity contribution in [3.8, 4) is 0 Å². The maximum absolute atomic E-state index is 12.8. The molecule has 1 aromatic carbocycles. The molecule has 110 valence electrons. The van der Waals surface area contributed by atoms with Crippen LogP contribution >= 0.6 is 0 Å². The second-order valence-electron chi connectivity index (χ2n) is 4.51. The number of carbonyl (C=O) groups is 3. The third kappa shape index (κ3) is 3.71. The molecule has 7 heteroatoms. The van der Waals surface area contributed by atoms with Crippen LogP contribution in [0.5, 0.6) is 0 Å². The molecular weight excluding hydrogens is 279 g/mol. The molecule has 0 radical (unpaired) electrons. The number of nitrogens with one attached hydrogen (secondary N) is 1. The summed E-state index contributed by atoms with van der Waals surface area (Å²) in [4.78, 5) is 34.7. The van der Waals surface area contributed by atoms with Gasteiger partial charge in [-0.2, -0.15) is 5.10 Å². The van der Waals surface area contributed by atoms with Gasteiger partial charge in [0.1, 0.15) is 11.5 Å². The van der Waals surface area contributed by atoms with Crippen LogP contribution in [0.15, 0.2) is 29.4 Å². The van der Waals surface area contributed by atoms with E-state index in [2.05, 4.69) is 10.5 Å². The molecule has 0 aliphatic carbocycles. The molecule has 0 spiro atoms. The van der Waals surface area contributed by atoms with Crippen LogP contribution in [0.25, 0.3) is 0 Å². The van der Waals surface area contributed by atoms with Crippen LogP contribution in [0.4, 0.5) is 4.39 Å². The molecule has 0 unspecified atom stereocenters. The number of ketones is 1. The van der Waals surface area contributed by atoms with Crippen molar-refractivity contribution in [1.29, 1.82) is 0 Å². The molecule has 1 amide bonds. The Kier molecular flexibility index (Phi) is 4.42. The number of halogens is 1. The lowest BCUT2D eigenvalue weighted by molar-refractivity contribution is -0.138. The zero-order valence-electron chi connectivity index (χ0n) is 11.3. The number of hydrogen-bond acceptors (Lipinski definition) is 5. The fraction of sp³-hybridized carbons (Fsp3) is 0.286. The Hall–Kier alpha value is -2.57. The molecule has 0 bridgehead atoms. The van der Waals surface area contributed by atoms with Gasteiger partial charge in [-0.05, 0) is 31.2 Å². The van der Waals surface area contributed by atoms with Gasteiger partial charge in [0, 0.05) is 18.4 Å². The summed E-state index contributed by atoms with van der Waals surface area (Å²) in [5.41, 5.74) is 2.48. The molecular formula is C14H13FN2O4. The lowest BCUT2D eigenvalue weighted by atomic mass is 10.1. The van der Waals surface area contributed by atoms with Crippen molar-refractivity contribution in [2.45, 2.75) is 25.9 Å². The summed E-state index contributed by atoms with van der Waals surface area (Å²) < 4.78 is 17.8. The standard InChI is InChI=1S/C14H13FN2O4/c1-8(13(19)9-2-4-10(15)5-3-9)21-14(20)11-6-7-12(18)17-16-11/h2-5,8H,6-7H2,1H3,(H,17,18)/t8-/m1/s1. The van der Waals surface area contributed by atoms with Crippen molar-refractivity contribution in [2.75, 3.05) is 0 Å². The van der Waals surface area contributed by atoms with Crippen molar-refractivity contribution < 1.29 is 23.5 Å². The average molecular weight is 292 g/mol. The highest BCUT2D eigenvalue weighted by Gasteiger charge is 2.24. The summed E-state index contributed by atoms with van der Waals surface area (Å²) >= 11 is 0. The van der Waals surface area contributed by atoms with Gasteiger partial charge in [-0.1, -0.05) is 0 Å². The summed E-state index contributed by atoms with van der Waals surface area (Å²) in [6, 6.07) is 4.95. The van der Waals surface area contributed by atoms with Crippen molar-refractivity contribution in [1.82, 2.24) is 5.43 Å². The molecule has 21 heavy (non-hydrogen) atoms. The van der Waals surface area contributed by atoms with E-state index in [4.69, 9.17) is 4.74 Å². The number of nitrogens with zero attached hydrogens (tertiary/aromatic N) is 1.